The summed E-state index contributed by atoms with van der Waals surface area (Å²) in [6, 6.07) is 11.9. The summed E-state index contributed by atoms with van der Waals surface area (Å²) in [6.45, 7) is 1.12. The number of hydrogen-bond acceptors (Lipinski definition) is 5. The number of anilines is 2. The van der Waals surface area contributed by atoms with Crippen LogP contribution >= 0.6 is 0 Å². The molecule has 0 atom stereocenters. The van der Waals surface area contributed by atoms with Crippen LogP contribution in [0.25, 0.3) is 0 Å². The third-order valence-corrected chi connectivity index (χ3v) is 4.49. The first kappa shape index (κ1) is 18.4. The van der Waals surface area contributed by atoms with E-state index in [-0.39, 0.29) is 23.1 Å². The van der Waals surface area contributed by atoms with Gasteiger partial charge in [0.25, 0.3) is 11.6 Å². The summed E-state index contributed by atoms with van der Waals surface area (Å²) in [5, 5.41) is 16.8. The summed E-state index contributed by atoms with van der Waals surface area (Å²) in [7, 11) is 1.47. The van der Waals surface area contributed by atoms with Crippen molar-refractivity contribution in [3.63, 3.8) is 0 Å². The lowest BCUT2D eigenvalue weighted by molar-refractivity contribution is -0.384. The molecule has 0 spiro atoms. The number of hydrogen-bond donors (Lipinski definition) is 2. The maximum Gasteiger partial charge on any atom is 0.293 e. The normalized spacial score (nSPS) is 13.5. The van der Waals surface area contributed by atoms with Gasteiger partial charge in [0.05, 0.1) is 4.92 Å². The Morgan fingerprint density at radius 2 is 1.96 bits per heavy atom. The van der Waals surface area contributed by atoms with Gasteiger partial charge in [-0.1, -0.05) is 12.1 Å². The highest BCUT2D eigenvalue weighted by atomic mass is 16.6. The van der Waals surface area contributed by atoms with Gasteiger partial charge in [-0.3, -0.25) is 19.7 Å². The van der Waals surface area contributed by atoms with Crippen molar-refractivity contribution in [2.75, 3.05) is 23.8 Å². The van der Waals surface area contributed by atoms with Gasteiger partial charge >= 0.3 is 0 Å². The van der Waals surface area contributed by atoms with Gasteiger partial charge in [0, 0.05) is 43.9 Å². The Labute approximate surface area is 156 Å². The molecule has 2 aromatic rings. The number of rotatable bonds is 6. The second-order valence-electron chi connectivity index (χ2n) is 6.24. The molecule has 8 nitrogen and oxygen atoms in total. The number of benzene rings is 2. The molecule has 3 rings (SSSR count). The van der Waals surface area contributed by atoms with Crippen molar-refractivity contribution < 1.29 is 14.5 Å². The molecule has 1 heterocycles. The molecule has 0 radical (unpaired) electrons. The van der Waals surface area contributed by atoms with Crippen LogP contribution in [-0.2, 0) is 11.3 Å². The highest BCUT2D eigenvalue weighted by Gasteiger charge is 2.21. The van der Waals surface area contributed by atoms with Crippen LogP contribution in [0, 0.1) is 10.1 Å². The lowest BCUT2D eigenvalue weighted by Gasteiger charge is -2.16. The van der Waals surface area contributed by atoms with Gasteiger partial charge in [0.2, 0.25) is 5.91 Å². The number of nitro benzene ring substituents is 1. The fourth-order valence-electron chi connectivity index (χ4n) is 3.03. The number of nitrogens with zero attached hydrogens (tertiary/aromatic N) is 2. The monoisotopic (exact) mass is 368 g/mol. The van der Waals surface area contributed by atoms with E-state index in [0.29, 0.717) is 18.7 Å². The Morgan fingerprint density at radius 1 is 1.22 bits per heavy atom. The first-order valence-corrected chi connectivity index (χ1v) is 8.63. The second-order valence-corrected chi connectivity index (χ2v) is 6.24. The fourth-order valence-corrected chi connectivity index (χ4v) is 3.03. The minimum absolute atomic E-state index is 0.132. The summed E-state index contributed by atoms with van der Waals surface area (Å²) >= 11 is 0. The number of carbonyl (C=O) groups excluding carboxylic acids is 2. The van der Waals surface area contributed by atoms with E-state index in [1.54, 1.807) is 4.90 Å². The lowest BCUT2D eigenvalue weighted by atomic mass is 10.1. The highest BCUT2D eigenvalue weighted by molar-refractivity contribution is 5.96. The lowest BCUT2D eigenvalue weighted by Crippen LogP contribution is -2.23. The van der Waals surface area contributed by atoms with E-state index in [1.165, 1.54) is 25.2 Å². The van der Waals surface area contributed by atoms with Crippen LogP contribution in [0.4, 0.5) is 17.1 Å². The first-order chi connectivity index (χ1) is 13.0. The molecule has 0 unspecified atom stereocenters. The van der Waals surface area contributed by atoms with Crippen molar-refractivity contribution >= 4 is 28.9 Å². The van der Waals surface area contributed by atoms with Crippen LogP contribution < -0.4 is 15.5 Å². The summed E-state index contributed by atoms with van der Waals surface area (Å²) in [5.41, 5.74) is 2.20. The van der Waals surface area contributed by atoms with E-state index >= 15 is 0 Å². The Morgan fingerprint density at radius 3 is 2.56 bits per heavy atom. The van der Waals surface area contributed by atoms with E-state index < -0.39 is 4.92 Å². The van der Waals surface area contributed by atoms with Crippen molar-refractivity contribution in [3.8, 4) is 0 Å². The Hall–Kier alpha value is -3.42. The summed E-state index contributed by atoms with van der Waals surface area (Å²) in [5.74, 6) is -0.246. The van der Waals surface area contributed by atoms with Crippen molar-refractivity contribution in [1.29, 1.82) is 0 Å². The molecule has 0 bridgehead atoms. The molecule has 1 aliphatic heterocycles. The molecule has 140 valence electrons. The molecule has 2 aromatic carbocycles. The molecule has 1 aliphatic rings. The molecular weight excluding hydrogens is 348 g/mol. The van der Waals surface area contributed by atoms with Crippen LogP contribution in [0.1, 0.15) is 28.8 Å². The van der Waals surface area contributed by atoms with E-state index in [4.69, 9.17) is 0 Å². The van der Waals surface area contributed by atoms with Crippen LogP contribution in [0.2, 0.25) is 0 Å². The average molecular weight is 368 g/mol. The largest absolute Gasteiger partial charge is 0.375 e. The molecular formula is C19H20N4O4. The molecule has 8 heteroatoms. The van der Waals surface area contributed by atoms with Crippen LogP contribution in [0.3, 0.4) is 0 Å². The topological polar surface area (TPSA) is 105 Å². The standard InChI is InChI=1S/C19H20N4O4/c1-20-19(25)14-6-9-16(17(11-14)23(26)27)21-12-13-4-7-15(8-5-13)22-10-2-3-18(22)24/h4-9,11,21H,2-3,10,12H2,1H3,(H,20,25). The third-order valence-electron chi connectivity index (χ3n) is 4.49. The Balaban J connectivity index is 1.71. The molecule has 0 saturated carbocycles. The van der Waals surface area contributed by atoms with Crippen LogP contribution in [0.5, 0.6) is 0 Å². The minimum atomic E-state index is -0.517. The molecule has 0 aromatic heterocycles. The van der Waals surface area contributed by atoms with Gasteiger partial charge in [0.1, 0.15) is 5.69 Å². The maximum absolute atomic E-state index is 11.8. The molecule has 27 heavy (non-hydrogen) atoms. The summed E-state index contributed by atoms with van der Waals surface area (Å²) < 4.78 is 0. The molecule has 2 N–H and O–H groups in total. The maximum atomic E-state index is 11.8. The fraction of sp³-hybridized carbons (Fsp3) is 0.263. The van der Waals surface area contributed by atoms with Gasteiger partial charge in [0.15, 0.2) is 0 Å². The van der Waals surface area contributed by atoms with Gasteiger partial charge < -0.3 is 15.5 Å². The Kier molecular flexibility index (Phi) is 5.35. The number of nitro groups is 1. The predicted molar refractivity (Wildman–Crippen MR) is 102 cm³/mol. The van der Waals surface area contributed by atoms with Crippen molar-refractivity contribution in [3.05, 3.63) is 63.7 Å². The van der Waals surface area contributed by atoms with Crippen LogP contribution in [0.15, 0.2) is 42.5 Å². The summed E-state index contributed by atoms with van der Waals surface area (Å²) in [4.78, 5) is 36.0. The second kappa shape index (κ2) is 7.86. The highest BCUT2D eigenvalue weighted by Crippen LogP contribution is 2.27. The zero-order chi connectivity index (χ0) is 19.4. The molecule has 1 saturated heterocycles. The van der Waals surface area contributed by atoms with E-state index in [9.17, 15) is 19.7 Å². The zero-order valence-corrected chi connectivity index (χ0v) is 14.9. The molecule has 1 fully saturated rings. The van der Waals surface area contributed by atoms with E-state index in [0.717, 1.165) is 24.2 Å². The van der Waals surface area contributed by atoms with Crippen LogP contribution in [-0.4, -0.2) is 30.3 Å². The van der Waals surface area contributed by atoms with Crippen molar-refractivity contribution in [1.82, 2.24) is 5.32 Å². The van der Waals surface area contributed by atoms with Gasteiger partial charge in [-0.25, -0.2) is 0 Å². The van der Waals surface area contributed by atoms with Gasteiger partial charge in [-0.05, 0) is 36.2 Å². The minimum Gasteiger partial charge on any atom is -0.375 e. The predicted octanol–water partition coefficient (Wildman–Crippen LogP) is 2.69. The first-order valence-electron chi connectivity index (χ1n) is 8.63. The average Bonchev–Trinajstić information content (AvgIpc) is 3.11. The van der Waals surface area contributed by atoms with E-state index in [2.05, 4.69) is 10.6 Å². The van der Waals surface area contributed by atoms with Crippen molar-refractivity contribution in [2.45, 2.75) is 19.4 Å². The molecule has 0 aliphatic carbocycles. The summed E-state index contributed by atoms with van der Waals surface area (Å²) in [6.07, 6.45) is 1.46. The van der Waals surface area contributed by atoms with Crippen molar-refractivity contribution in [2.24, 2.45) is 0 Å². The smallest absolute Gasteiger partial charge is 0.293 e. The quantitative estimate of drug-likeness (QED) is 0.602. The number of nitrogens with one attached hydrogen (secondary N) is 2. The molecule has 2 amide bonds. The number of carbonyl (C=O) groups is 2. The SMILES string of the molecule is CNC(=O)c1ccc(NCc2ccc(N3CCCC3=O)cc2)c([N+](=O)[O-])c1. The van der Waals surface area contributed by atoms with Gasteiger partial charge in [-0.2, -0.15) is 0 Å². The zero-order valence-electron chi connectivity index (χ0n) is 14.9. The van der Waals surface area contributed by atoms with Gasteiger partial charge in [-0.15, -0.1) is 0 Å². The Bertz CT molecular complexity index is 880. The van der Waals surface area contributed by atoms with E-state index in [1.807, 2.05) is 24.3 Å². The third kappa shape index (κ3) is 4.05. The number of amides is 2.